The molecule has 1 heterocycles. The molecule has 3 N–H and O–H groups in total. The third-order valence-electron chi connectivity index (χ3n) is 2.71. The van der Waals surface area contributed by atoms with Crippen molar-refractivity contribution in [3.63, 3.8) is 0 Å². The Hall–Kier alpha value is -2.41. The number of aromatic carboxylic acids is 1. The standard InChI is InChI=1S/C12H10N2O4S/c1-6-9(13)11(12(15)16)19-10(6)7-3-2-4-8(5-7)14(17)18/h2-5H,13H2,1H3,(H,15,16). The summed E-state index contributed by atoms with van der Waals surface area (Å²) in [5, 5.41) is 19.8. The van der Waals surface area contributed by atoms with Gasteiger partial charge in [0.25, 0.3) is 5.69 Å². The Morgan fingerprint density at radius 3 is 2.68 bits per heavy atom. The summed E-state index contributed by atoms with van der Waals surface area (Å²) in [4.78, 5) is 22.0. The lowest BCUT2D eigenvalue weighted by molar-refractivity contribution is -0.384. The molecule has 6 nitrogen and oxygen atoms in total. The van der Waals surface area contributed by atoms with Crippen LogP contribution in [-0.2, 0) is 0 Å². The van der Waals surface area contributed by atoms with E-state index in [9.17, 15) is 14.9 Å². The van der Waals surface area contributed by atoms with Crippen LogP contribution < -0.4 is 5.73 Å². The number of nitrogen functional groups attached to an aromatic ring is 1. The number of hydrogen-bond donors (Lipinski definition) is 2. The highest BCUT2D eigenvalue weighted by atomic mass is 32.1. The maximum Gasteiger partial charge on any atom is 0.348 e. The molecule has 0 spiro atoms. The number of nitrogens with zero attached hydrogens (tertiary/aromatic N) is 1. The van der Waals surface area contributed by atoms with Gasteiger partial charge in [0.2, 0.25) is 0 Å². The number of non-ortho nitro benzene ring substituents is 1. The van der Waals surface area contributed by atoms with Gasteiger partial charge in [0, 0.05) is 17.0 Å². The molecule has 0 saturated heterocycles. The van der Waals surface area contributed by atoms with Crippen LogP contribution in [0.4, 0.5) is 11.4 Å². The molecule has 0 aliphatic rings. The van der Waals surface area contributed by atoms with E-state index in [-0.39, 0.29) is 16.3 Å². The summed E-state index contributed by atoms with van der Waals surface area (Å²) in [5.41, 5.74) is 7.12. The van der Waals surface area contributed by atoms with Crippen molar-refractivity contribution in [2.75, 3.05) is 5.73 Å². The van der Waals surface area contributed by atoms with Gasteiger partial charge < -0.3 is 10.8 Å². The third-order valence-corrected chi connectivity index (χ3v) is 4.05. The largest absolute Gasteiger partial charge is 0.477 e. The lowest BCUT2D eigenvalue weighted by Gasteiger charge is -2.00. The highest BCUT2D eigenvalue weighted by Gasteiger charge is 2.19. The number of carbonyl (C=O) groups is 1. The van der Waals surface area contributed by atoms with Crippen LogP contribution in [0.15, 0.2) is 24.3 Å². The van der Waals surface area contributed by atoms with Gasteiger partial charge in [-0.15, -0.1) is 11.3 Å². The first-order valence-electron chi connectivity index (χ1n) is 5.28. The van der Waals surface area contributed by atoms with Crippen LogP contribution in [0.3, 0.4) is 0 Å². The Morgan fingerprint density at radius 1 is 1.47 bits per heavy atom. The Kier molecular flexibility index (Phi) is 3.22. The number of anilines is 1. The maximum absolute atomic E-state index is 11.0. The first kappa shape index (κ1) is 13.0. The molecule has 0 unspecified atom stereocenters. The van der Waals surface area contributed by atoms with Crippen molar-refractivity contribution in [2.45, 2.75) is 6.92 Å². The van der Waals surface area contributed by atoms with Gasteiger partial charge in [-0.3, -0.25) is 10.1 Å². The minimum Gasteiger partial charge on any atom is -0.477 e. The summed E-state index contributed by atoms with van der Waals surface area (Å²) >= 11 is 1.02. The molecule has 0 fully saturated rings. The fraction of sp³-hybridized carbons (Fsp3) is 0.0833. The van der Waals surface area contributed by atoms with Crippen molar-refractivity contribution in [1.82, 2.24) is 0 Å². The third kappa shape index (κ3) is 2.27. The van der Waals surface area contributed by atoms with Crippen LogP contribution in [0.5, 0.6) is 0 Å². The lowest BCUT2D eigenvalue weighted by Crippen LogP contribution is -1.97. The summed E-state index contributed by atoms with van der Waals surface area (Å²) in [6.07, 6.45) is 0. The maximum atomic E-state index is 11.0. The molecule has 19 heavy (non-hydrogen) atoms. The number of hydrogen-bond acceptors (Lipinski definition) is 5. The number of carboxylic acids is 1. The van der Waals surface area contributed by atoms with Crippen molar-refractivity contribution in [3.05, 3.63) is 44.8 Å². The average Bonchev–Trinajstić information content (AvgIpc) is 2.67. The van der Waals surface area contributed by atoms with E-state index in [0.29, 0.717) is 16.0 Å². The topological polar surface area (TPSA) is 106 Å². The number of rotatable bonds is 3. The monoisotopic (exact) mass is 278 g/mol. The van der Waals surface area contributed by atoms with E-state index < -0.39 is 10.9 Å². The van der Waals surface area contributed by atoms with Gasteiger partial charge in [0.05, 0.1) is 10.6 Å². The van der Waals surface area contributed by atoms with Crippen LogP contribution >= 0.6 is 11.3 Å². The minimum atomic E-state index is -1.10. The normalized spacial score (nSPS) is 10.4. The molecule has 7 heteroatoms. The molecule has 0 aliphatic carbocycles. The molecule has 0 atom stereocenters. The van der Waals surface area contributed by atoms with Crippen molar-refractivity contribution >= 4 is 28.7 Å². The molecule has 2 aromatic rings. The van der Waals surface area contributed by atoms with Crippen molar-refractivity contribution in [3.8, 4) is 10.4 Å². The van der Waals surface area contributed by atoms with Crippen LogP contribution in [0.25, 0.3) is 10.4 Å². The molecule has 2 rings (SSSR count). The van der Waals surface area contributed by atoms with Crippen molar-refractivity contribution in [1.29, 1.82) is 0 Å². The molecular weight excluding hydrogens is 268 g/mol. The number of nitro groups is 1. The summed E-state index contributed by atoms with van der Waals surface area (Å²) in [5.74, 6) is -1.10. The smallest absolute Gasteiger partial charge is 0.348 e. The van der Waals surface area contributed by atoms with Gasteiger partial charge in [0.1, 0.15) is 4.88 Å². The second-order valence-electron chi connectivity index (χ2n) is 3.91. The van der Waals surface area contributed by atoms with Gasteiger partial charge in [-0.05, 0) is 18.1 Å². The number of benzene rings is 1. The zero-order valence-electron chi connectivity index (χ0n) is 9.91. The Labute approximate surface area is 112 Å². The van der Waals surface area contributed by atoms with Crippen molar-refractivity contribution in [2.24, 2.45) is 0 Å². The van der Waals surface area contributed by atoms with Crippen LogP contribution in [-0.4, -0.2) is 16.0 Å². The fourth-order valence-electron chi connectivity index (χ4n) is 1.72. The van der Waals surface area contributed by atoms with E-state index in [4.69, 9.17) is 10.8 Å². The molecule has 0 amide bonds. The first-order valence-corrected chi connectivity index (χ1v) is 6.10. The molecule has 1 aromatic heterocycles. The van der Waals surface area contributed by atoms with Gasteiger partial charge >= 0.3 is 5.97 Å². The molecule has 1 aromatic carbocycles. The predicted molar refractivity (Wildman–Crippen MR) is 72.5 cm³/mol. The lowest BCUT2D eigenvalue weighted by atomic mass is 10.1. The highest BCUT2D eigenvalue weighted by Crippen LogP contribution is 2.38. The molecule has 0 radical (unpaired) electrons. The van der Waals surface area contributed by atoms with Gasteiger partial charge in [-0.25, -0.2) is 4.79 Å². The Balaban J connectivity index is 2.59. The van der Waals surface area contributed by atoms with Crippen LogP contribution in [0.2, 0.25) is 0 Å². The summed E-state index contributed by atoms with van der Waals surface area (Å²) in [7, 11) is 0. The zero-order chi connectivity index (χ0) is 14.2. The number of thiophene rings is 1. The molecule has 0 aliphatic heterocycles. The molecule has 0 bridgehead atoms. The highest BCUT2D eigenvalue weighted by molar-refractivity contribution is 7.18. The Morgan fingerprint density at radius 2 is 2.16 bits per heavy atom. The second kappa shape index (κ2) is 4.69. The molecule has 98 valence electrons. The molecular formula is C12H10N2O4S. The quantitative estimate of drug-likeness (QED) is 0.663. The van der Waals surface area contributed by atoms with E-state index in [1.165, 1.54) is 12.1 Å². The molecule has 0 saturated carbocycles. The zero-order valence-corrected chi connectivity index (χ0v) is 10.7. The number of nitro benzene ring substituents is 1. The predicted octanol–water partition coefficient (Wildman–Crippen LogP) is 2.91. The number of carboxylic acid groups (broad SMARTS) is 1. The second-order valence-corrected chi connectivity index (χ2v) is 4.93. The fourth-order valence-corrected chi connectivity index (χ4v) is 2.78. The summed E-state index contributed by atoms with van der Waals surface area (Å²) < 4.78 is 0. The average molecular weight is 278 g/mol. The Bertz CT molecular complexity index is 678. The van der Waals surface area contributed by atoms with E-state index in [1.807, 2.05) is 0 Å². The first-order chi connectivity index (χ1) is 8.91. The van der Waals surface area contributed by atoms with E-state index in [2.05, 4.69) is 0 Å². The van der Waals surface area contributed by atoms with Gasteiger partial charge in [0.15, 0.2) is 0 Å². The van der Waals surface area contributed by atoms with Crippen LogP contribution in [0, 0.1) is 17.0 Å². The van der Waals surface area contributed by atoms with E-state index >= 15 is 0 Å². The minimum absolute atomic E-state index is 0.0410. The van der Waals surface area contributed by atoms with Gasteiger partial charge in [-0.1, -0.05) is 12.1 Å². The SMILES string of the molecule is Cc1c(-c2cccc([N+](=O)[O-])c2)sc(C(=O)O)c1N. The number of nitrogens with two attached hydrogens (primary N) is 1. The summed E-state index contributed by atoms with van der Waals surface area (Å²) in [6, 6.07) is 6.04. The van der Waals surface area contributed by atoms with E-state index in [0.717, 1.165) is 11.3 Å². The van der Waals surface area contributed by atoms with E-state index in [1.54, 1.807) is 19.1 Å². The van der Waals surface area contributed by atoms with Gasteiger partial charge in [-0.2, -0.15) is 0 Å². The summed E-state index contributed by atoms with van der Waals surface area (Å²) in [6.45, 7) is 1.70. The van der Waals surface area contributed by atoms with Crippen LogP contribution in [0.1, 0.15) is 15.2 Å². The van der Waals surface area contributed by atoms with Crippen molar-refractivity contribution < 1.29 is 14.8 Å².